The third kappa shape index (κ3) is 3.98. The van der Waals surface area contributed by atoms with Crippen LogP contribution >= 0.6 is 0 Å². The van der Waals surface area contributed by atoms with E-state index in [2.05, 4.69) is 4.90 Å². The Morgan fingerprint density at radius 2 is 2.12 bits per heavy atom. The highest BCUT2D eigenvalue weighted by atomic mass is 19.1. The molecule has 4 heteroatoms. The SMILES string of the molecule is OC1CCN(CCCOc2ccc(F)cc2)C1. The van der Waals surface area contributed by atoms with Crippen molar-refractivity contribution in [3.63, 3.8) is 0 Å². The molecule has 0 spiro atoms. The molecular formula is C13H18FNO2. The van der Waals surface area contributed by atoms with Gasteiger partial charge in [-0.3, -0.25) is 0 Å². The Kier molecular flexibility index (Phi) is 4.34. The molecule has 0 saturated carbocycles. The number of aliphatic hydroxyl groups is 1. The minimum atomic E-state index is -0.247. The number of hydrogen-bond donors (Lipinski definition) is 1. The van der Waals surface area contributed by atoms with Gasteiger partial charge in [-0.2, -0.15) is 0 Å². The van der Waals surface area contributed by atoms with E-state index in [1.807, 2.05) is 0 Å². The van der Waals surface area contributed by atoms with E-state index in [1.54, 1.807) is 12.1 Å². The van der Waals surface area contributed by atoms with Gasteiger partial charge in [-0.15, -0.1) is 0 Å². The average Bonchev–Trinajstić information content (AvgIpc) is 2.73. The quantitative estimate of drug-likeness (QED) is 0.793. The second-order valence-electron chi connectivity index (χ2n) is 4.40. The van der Waals surface area contributed by atoms with Gasteiger partial charge in [-0.25, -0.2) is 4.39 Å². The van der Waals surface area contributed by atoms with E-state index in [1.165, 1.54) is 12.1 Å². The van der Waals surface area contributed by atoms with Crippen molar-refractivity contribution < 1.29 is 14.2 Å². The molecule has 0 amide bonds. The summed E-state index contributed by atoms with van der Waals surface area (Å²) in [6, 6.07) is 6.06. The van der Waals surface area contributed by atoms with Crippen LogP contribution in [-0.2, 0) is 0 Å². The van der Waals surface area contributed by atoms with Crippen LogP contribution in [-0.4, -0.2) is 42.4 Å². The van der Waals surface area contributed by atoms with Crippen LogP contribution in [0.25, 0.3) is 0 Å². The molecule has 1 atom stereocenters. The number of nitrogens with zero attached hydrogens (tertiary/aromatic N) is 1. The van der Waals surface area contributed by atoms with Crippen molar-refractivity contribution in [2.24, 2.45) is 0 Å². The molecular weight excluding hydrogens is 221 g/mol. The van der Waals surface area contributed by atoms with Crippen LogP contribution in [0, 0.1) is 5.82 Å². The van der Waals surface area contributed by atoms with Gasteiger partial charge in [-0.05, 0) is 37.1 Å². The average molecular weight is 239 g/mol. The standard InChI is InChI=1S/C13H18FNO2/c14-11-2-4-13(5-3-11)17-9-1-7-15-8-6-12(16)10-15/h2-5,12,16H,1,6-10H2. The highest BCUT2D eigenvalue weighted by Crippen LogP contribution is 2.12. The van der Waals surface area contributed by atoms with Gasteiger partial charge >= 0.3 is 0 Å². The summed E-state index contributed by atoms with van der Waals surface area (Å²) in [4.78, 5) is 2.23. The monoisotopic (exact) mass is 239 g/mol. The van der Waals surface area contributed by atoms with Gasteiger partial charge in [0.25, 0.3) is 0 Å². The third-order valence-electron chi connectivity index (χ3n) is 2.95. The lowest BCUT2D eigenvalue weighted by Crippen LogP contribution is -2.24. The number of aliphatic hydroxyl groups excluding tert-OH is 1. The summed E-state index contributed by atoms with van der Waals surface area (Å²) in [7, 11) is 0. The summed E-state index contributed by atoms with van der Waals surface area (Å²) in [6.07, 6.45) is 1.64. The Morgan fingerprint density at radius 3 is 2.76 bits per heavy atom. The van der Waals surface area contributed by atoms with Crippen molar-refractivity contribution in [3.8, 4) is 5.75 Å². The zero-order valence-corrected chi connectivity index (χ0v) is 9.81. The van der Waals surface area contributed by atoms with Gasteiger partial charge in [-0.1, -0.05) is 0 Å². The summed E-state index contributed by atoms with van der Waals surface area (Å²) in [5.41, 5.74) is 0. The maximum absolute atomic E-state index is 12.6. The molecule has 1 unspecified atom stereocenters. The molecule has 1 heterocycles. The zero-order valence-electron chi connectivity index (χ0n) is 9.81. The molecule has 1 saturated heterocycles. The number of β-amino-alcohol motifs (C(OH)–C–C–N with tert-alkyl or cyclic N) is 1. The number of benzene rings is 1. The van der Waals surface area contributed by atoms with Gasteiger partial charge < -0.3 is 14.7 Å². The minimum absolute atomic E-state index is 0.159. The summed E-state index contributed by atoms with van der Waals surface area (Å²) in [6.45, 7) is 3.31. The molecule has 1 aliphatic rings. The van der Waals surface area contributed by atoms with Crippen molar-refractivity contribution in [3.05, 3.63) is 30.1 Å². The van der Waals surface area contributed by atoms with Gasteiger partial charge in [0.05, 0.1) is 12.7 Å². The summed E-state index contributed by atoms with van der Waals surface area (Å²) >= 11 is 0. The molecule has 2 rings (SSSR count). The molecule has 1 aromatic rings. The molecule has 0 bridgehead atoms. The molecule has 0 aliphatic carbocycles. The fourth-order valence-electron chi connectivity index (χ4n) is 2.02. The first kappa shape index (κ1) is 12.3. The van der Waals surface area contributed by atoms with E-state index in [0.717, 1.165) is 32.5 Å². The largest absolute Gasteiger partial charge is 0.494 e. The van der Waals surface area contributed by atoms with Crippen molar-refractivity contribution in [2.45, 2.75) is 18.9 Å². The van der Waals surface area contributed by atoms with Crippen LogP contribution < -0.4 is 4.74 Å². The highest BCUT2D eigenvalue weighted by molar-refractivity contribution is 5.21. The van der Waals surface area contributed by atoms with Crippen molar-refractivity contribution >= 4 is 0 Å². The highest BCUT2D eigenvalue weighted by Gasteiger charge is 2.18. The molecule has 0 radical (unpaired) electrons. The molecule has 0 aromatic heterocycles. The Balaban J connectivity index is 1.61. The van der Waals surface area contributed by atoms with Crippen molar-refractivity contribution in [1.29, 1.82) is 0 Å². The van der Waals surface area contributed by atoms with Crippen LogP contribution in [0.3, 0.4) is 0 Å². The van der Waals surface area contributed by atoms with E-state index in [9.17, 15) is 9.50 Å². The number of ether oxygens (including phenoxy) is 1. The normalized spacial score (nSPS) is 20.7. The molecule has 1 aliphatic heterocycles. The number of hydrogen-bond acceptors (Lipinski definition) is 3. The first-order valence-electron chi connectivity index (χ1n) is 6.03. The molecule has 1 aromatic carbocycles. The topological polar surface area (TPSA) is 32.7 Å². The van der Waals surface area contributed by atoms with E-state index >= 15 is 0 Å². The molecule has 1 N–H and O–H groups in total. The maximum atomic E-state index is 12.6. The second kappa shape index (κ2) is 5.98. The first-order valence-corrected chi connectivity index (χ1v) is 6.03. The lowest BCUT2D eigenvalue weighted by atomic mass is 10.3. The van der Waals surface area contributed by atoms with Crippen LogP contribution in [0.15, 0.2) is 24.3 Å². The minimum Gasteiger partial charge on any atom is -0.494 e. The lowest BCUT2D eigenvalue weighted by molar-refractivity contribution is 0.173. The van der Waals surface area contributed by atoms with E-state index in [4.69, 9.17) is 4.74 Å². The smallest absolute Gasteiger partial charge is 0.123 e. The van der Waals surface area contributed by atoms with Crippen LogP contribution in [0.5, 0.6) is 5.75 Å². The molecule has 3 nitrogen and oxygen atoms in total. The molecule has 94 valence electrons. The summed E-state index contributed by atoms with van der Waals surface area (Å²) < 4.78 is 18.1. The van der Waals surface area contributed by atoms with Gasteiger partial charge in [0.15, 0.2) is 0 Å². The maximum Gasteiger partial charge on any atom is 0.123 e. The van der Waals surface area contributed by atoms with Gasteiger partial charge in [0.1, 0.15) is 11.6 Å². The number of halogens is 1. The van der Waals surface area contributed by atoms with E-state index in [0.29, 0.717) is 12.4 Å². The summed E-state index contributed by atoms with van der Waals surface area (Å²) in [5, 5.41) is 9.35. The fraction of sp³-hybridized carbons (Fsp3) is 0.538. The Hall–Kier alpha value is -1.13. The summed E-state index contributed by atoms with van der Waals surface area (Å²) in [5.74, 6) is 0.455. The first-order chi connectivity index (χ1) is 8.24. The number of likely N-dealkylation sites (tertiary alicyclic amines) is 1. The predicted octanol–water partition coefficient (Wildman–Crippen LogP) is 1.66. The van der Waals surface area contributed by atoms with Gasteiger partial charge in [0, 0.05) is 19.6 Å². The van der Waals surface area contributed by atoms with E-state index < -0.39 is 0 Å². The Labute approximate surface area is 101 Å². The Morgan fingerprint density at radius 1 is 1.35 bits per heavy atom. The second-order valence-corrected chi connectivity index (χ2v) is 4.40. The van der Waals surface area contributed by atoms with Crippen LogP contribution in [0.2, 0.25) is 0 Å². The molecule has 1 fully saturated rings. The van der Waals surface area contributed by atoms with E-state index in [-0.39, 0.29) is 11.9 Å². The lowest BCUT2D eigenvalue weighted by Gasteiger charge is -2.14. The fourth-order valence-corrected chi connectivity index (χ4v) is 2.02. The van der Waals surface area contributed by atoms with Crippen LogP contribution in [0.4, 0.5) is 4.39 Å². The van der Waals surface area contributed by atoms with Crippen molar-refractivity contribution in [1.82, 2.24) is 4.90 Å². The predicted molar refractivity (Wildman–Crippen MR) is 63.6 cm³/mol. The number of rotatable bonds is 5. The Bertz CT molecular complexity index is 342. The third-order valence-corrected chi connectivity index (χ3v) is 2.95. The zero-order chi connectivity index (χ0) is 12.1. The van der Waals surface area contributed by atoms with Gasteiger partial charge in [0.2, 0.25) is 0 Å². The molecule has 17 heavy (non-hydrogen) atoms. The van der Waals surface area contributed by atoms with Crippen molar-refractivity contribution in [2.75, 3.05) is 26.2 Å². The van der Waals surface area contributed by atoms with Crippen LogP contribution in [0.1, 0.15) is 12.8 Å².